The Kier molecular flexibility index (Phi) is 4.80. The van der Waals surface area contributed by atoms with E-state index in [2.05, 4.69) is 33.4 Å². The van der Waals surface area contributed by atoms with Crippen LogP contribution in [0.5, 0.6) is 0 Å². The zero-order valence-corrected chi connectivity index (χ0v) is 13.0. The Morgan fingerprint density at radius 2 is 2.44 bits per heavy atom. The highest BCUT2D eigenvalue weighted by Crippen LogP contribution is 2.35. The summed E-state index contributed by atoms with van der Waals surface area (Å²) in [4.78, 5) is 1.09. The van der Waals surface area contributed by atoms with E-state index in [1.807, 2.05) is 16.1 Å². The molecule has 2 heterocycles. The number of thiophene rings is 1. The molecular weight excluding hydrogens is 336 g/mol. The Labute approximate surface area is 123 Å². The molecule has 7 heteroatoms. The molecule has 0 fully saturated rings. The minimum Gasteiger partial charge on any atom is -0.270 e. The number of hydrazine groups is 1. The predicted octanol–water partition coefficient (Wildman–Crippen LogP) is 3.32. The lowest BCUT2D eigenvalue weighted by Crippen LogP contribution is -2.30. The van der Waals surface area contributed by atoms with E-state index in [9.17, 15) is 0 Å². The van der Waals surface area contributed by atoms with Crippen molar-refractivity contribution in [3.05, 3.63) is 37.7 Å². The Morgan fingerprint density at radius 3 is 3.00 bits per heavy atom. The number of hydrogen-bond acceptors (Lipinski definition) is 4. The summed E-state index contributed by atoms with van der Waals surface area (Å²) in [6.45, 7) is 2.93. The fraction of sp³-hybridized carbons (Fsp3) is 0.364. The van der Waals surface area contributed by atoms with Crippen LogP contribution >= 0.6 is 38.9 Å². The number of aromatic nitrogens is 2. The van der Waals surface area contributed by atoms with Gasteiger partial charge < -0.3 is 0 Å². The van der Waals surface area contributed by atoms with E-state index in [-0.39, 0.29) is 6.04 Å². The molecule has 4 nitrogen and oxygen atoms in total. The standard InChI is InChI=1S/C11H14BrClN4S/c1-2-4-17-10(8(13)6-15-17)9(16-14)11-7(12)3-5-18-11/h3,5-6,9,16H,2,4,14H2,1H3. The van der Waals surface area contributed by atoms with Crippen LogP contribution < -0.4 is 11.3 Å². The van der Waals surface area contributed by atoms with Crippen LogP contribution in [0, 0.1) is 0 Å². The summed E-state index contributed by atoms with van der Waals surface area (Å²) < 4.78 is 2.93. The maximum Gasteiger partial charge on any atom is 0.0996 e. The summed E-state index contributed by atoms with van der Waals surface area (Å²) in [5.74, 6) is 5.69. The molecule has 0 radical (unpaired) electrons. The van der Waals surface area contributed by atoms with E-state index in [0.29, 0.717) is 5.02 Å². The number of hydrogen-bond donors (Lipinski definition) is 2. The van der Waals surface area contributed by atoms with Gasteiger partial charge in [-0.2, -0.15) is 5.10 Å². The minimum absolute atomic E-state index is 0.152. The average Bonchev–Trinajstić information content (AvgIpc) is 2.91. The van der Waals surface area contributed by atoms with E-state index in [1.54, 1.807) is 17.5 Å². The molecule has 1 unspecified atom stereocenters. The molecule has 3 N–H and O–H groups in total. The van der Waals surface area contributed by atoms with Crippen molar-refractivity contribution < 1.29 is 0 Å². The van der Waals surface area contributed by atoms with Crippen LogP contribution in [0.25, 0.3) is 0 Å². The lowest BCUT2D eigenvalue weighted by atomic mass is 10.2. The summed E-state index contributed by atoms with van der Waals surface area (Å²) >= 11 is 11.4. The second-order valence-corrected chi connectivity index (χ2v) is 6.04. The van der Waals surface area contributed by atoms with Crippen molar-refractivity contribution in [2.45, 2.75) is 25.9 Å². The second-order valence-electron chi connectivity index (χ2n) is 3.83. The zero-order chi connectivity index (χ0) is 13.1. The quantitative estimate of drug-likeness (QED) is 0.643. The number of aryl methyl sites for hydroxylation is 1. The highest BCUT2D eigenvalue weighted by atomic mass is 79.9. The minimum atomic E-state index is -0.152. The van der Waals surface area contributed by atoms with Gasteiger partial charge in [-0.15, -0.1) is 11.3 Å². The third-order valence-corrected chi connectivity index (χ3v) is 4.84. The van der Waals surface area contributed by atoms with E-state index < -0.39 is 0 Å². The first-order valence-corrected chi connectivity index (χ1v) is 7.64. The van der Waals surface area contributed by atoms with Gasteiger partial charge in [0, 0.05) is 15.9 Å². The largest absolute Gasteiger partial charge is 0.270 e. The first-order chi connectivity index (χ1) is 8.69. The van der Waals surface area contributed by atoms with E-state index in [0.717, 1.165) is 28.0 Å². The van der Waals surface area contributed by atoms with Crippen LogP contribution in [-0.2, 0) is 6.54 Å². The molecule has 2 aromatic rings. The van der Waals surface area contributed by atoms with Crippen LogP contribution in [0.2, 0.25) is 5.02 Å². The molecule has 0 amide bonds. The maximum atomic E-state index is 6.23. The second kappa shape index (κ2) is 6.16. The van der Waals surface area contributed by atoms with Crippen LogP contribution in [0.15, 0.2) is 22.1 Å². The highest BCUT2D eigenvalue weighted by molar-refractivity contribution is 9.10. The van der Waals surface area contributed by atoms with Crippen molar-refractivity contribution in [3.8, 4) is 0 Å². The van der Waals surface area contributed by atoms with E-state index in [1.165, 1.54) is 0 Å². The molecule has 0 aliphatic rings. The van der Waals surface area contributed by atoms with Gasteiger partial charge in [-0.3, -0.25) is 10.5 Å². The van der Waals surface area contributed by atoms with Crippen LogP contribution in [0.4, 0.5) is 0 Å². The Bertz CT molecular complexity index is 525. The Balaban J connectivity index is 2.45. The number of nitrogens with one attached hydrogen (secondary N) is 1. The van der Waals surface area contributed by atoms with Gasteiger partial charge in [-0.05, 0) is 33.8 Å². The lowest BCUT2D eigenvalue weighted by molar-refractivity contribution is 0.524. The molecule has 0 bridgehead atoms. The normalized spacial score (nSPS) is 12.9. The van der Waals surface area contributed by atoms with Crippen molar-refractivity contribution in [1.82, 2.24) is 15.2 Å². The van der Waals surface area contributed by atoms with Gasteiger partial charge in [0.15, 0.2) is 0 Å². The Hall–Kier alpha value is -0.400. The molecule has 0 aromatic carbocycles. The highest BCUT2D eigenvalue weighted by Gasteiger charge is 2.23. The molecule has 98 valence electrons. The summed E-state index contributed by atoms with van der Waals surface area (Å²) in [6.07, 6.45) is 2.66. The number of nitrogens with two attached hydrogens (primary N) is 1. The third-order valence-electron chi connectivity index (χ3n) is 2.62. The van der Waals surface area contributed by atoms with Crippen molar-refractivity contribution in [2.75, 3.05) is 0 Å². The molecule has 0 aliphatic heterocycles. The van der Waals surface area contributed by atoms with Gasteiger partial charge in [-0.25, -0.2) is 5.43 Å². The van der Waals surface area contributed by atoms with Crippen LogP contribution in [0.1, 0.15) is 30.0 Å². The molecule has 18 heavy (non-hydrogen) atoms. The van der Waals surface area contributed by atoms with Crippen molar-refractivity contribution in [1.29, 1.82) is 0 Å². The van der Waals surface area contributed by atoms with Gasteiger partial charge in [-0.1, -0.05) is 18.5 Å². The van der Waals surface area contributed by atoms with Crippen molar-refractivity contribution in [2.24, 2.45) is 5.84 Å². The van der Waals surface area contributed by atoms with Crippen molar-refractivity contribution in [3.63, 3.8) is 0 Å². The molecule has 0 saturated heterocycles. The zero-order valence-electron chi connectivity index (χ0n) is 9.86. The molecular formula is C11H14BrClN4S. The van der Waals surface area contributed by atoms with E-state index >= 15 is 0 Å². The summed E-state index contributed by atoms with van der Waals surface area (Å²) in [7, 11) is 0. The number of rotatable bonds is 5. The van der Waals surface area contributed by atoms with Crippen LogP contribution in [-0.4, -0.2) is 9.78 Å². The third kappa shape index (κ3) is 2.62. The fourth-order valence-electron chi connectivity index (χ4n) is 1.84. The smallest absolute Gasteiger partial charge is 0.0996 e. The number of nitrogens with zero attached hydrogens (tertiary/aromatic N) is 2. The SMILES string of the molecule is CCCn1ncc(Cl)c1C(NN)c1sccc1Br. The molecule has 2 rings (SSSR count). The number of halogens is 2. The van der Waals surface area contributed by atoms with Gasteiger partial charge in [0.2, 0.25) is 0 Å². The average molecular weight is 350 g/mol. The molecule has 0 aliphatic carbocycles. The molecule has 1 atom stereocenters. The van der Waals surface area contributed by atoms with Gasteiger partial charge in [0.25, 0.3) is 0 Å². The monoisotopic (exact) mass is 348 g/mol. The van der Waals surface area contributed by atoms with Gasteiger partial charge in [0.1, 0.15) is 0 Å². The summed E-state index contributed by atoms with van der Waals surface area (Å²) in [5.41, 5.74) is 3.73. The van der Waals surface area contributed by atoms with Crippen molar-refractivity contribution >= 4 is 38.9 Å². The molecule has 0 saturated carbocycles. The van der Waals surface area contributed by atoms with Gasteiger partial charge >= 0.3 is 0 Å². The predicted molar refractivity (Wildman–Crippen MR) is 78.7 cm³/mol. The topological polar surface area (TPSA) is 55.9 Å². The molecule has 0 spiro atoms. The van der Waals surface area contributed by atoms with Gasteiger partial charge in [0.05, 0.1) is 23.0 Å². The lowest BCUT2D eigenvalue weighted by Gasteiger charge is -2.17. The van der Waals surface area contributed by atoms with E-state index in [4.69, 9.17) is 17.4 Å². The first-order valence-electron chi connectivity index (χ1n) is 5.59. The first kappa shape index (κ1) is 14.0. The molecule has 2 aromatic heterocycles. The Morgan fingerprint density at radius 1 is 1.67 bits per heavy atom. The summed E-state index contributed by atoms with van der Waals surface area (Å²) in [6, 6.07) is 1.85. The fourth-order valence-corrected chi connectivity index (χ4v) is 3.75. The van der Waals surface area contributed by atoms with Crippen LogP contribution in [0.3, 0.4) is 0 Å². The summed E-state index contributed by atoms with van der Waals surface area (Å²) in [5, 5.41) is 6.94. The maximum absolute atomic E-state index is 6.23.